The minimum absolute atomic E-state index is 0.373. The summed E-state index contributed by atoms with van der Waals surface area (Å²) in [5.41, 5.74) is 0.457. The Bertz CT molecular complexity index is 930. The number of rotatable bonds is 5. The van der Waals surface area contributed by atoms with Crippen molar-refractivity contribution < 1.29 is 0 Å². The van der Waals surface area contributed by atoms with Crippen molar-refractivity contribution in [1.29, 1.82) is 5.26 Å². The van der Waals surface area contributed by atoms with Crippen LogP contribution >= 0.6 is 0 Å². The molecule has 1 saturated heterocycles. The molecule has 4 heterocycles. The van der Waals surface area contributed by atoms with Gasteiger partial charge in [-0.1, -0.05) is 6.07 Å². The van der Waals surface area contributed by atoms with Crippen LogP contribution in [0.25, 0.3) is 0 Å². The second-order valence-electron chi connectivity index (χ2n) is 6.57. The summed E-state index contributed by atoms with van der Waals surface area (Å²) in [6.07, 6.45) is 5.19. The number of hydrogen-bond donors (Lipinski definition) is 0. The Morgan fingerprint density at radius 2 is 2.07 bits per heavy atom. The lowest BCUT2D eigenvalue weighted by Gasteiger charge is -2.32. The van der Waals surface area contributed by atoms with Crippen LogP contribution in [0.3, 0.4) is 0 Å². The molecule has 3 aromatic rings. The summed E-state index contributed by atoms with van der Waals surface area (Å²) < 4.78 is 3.95. The van der Waals surface area contributed by atoms with Crippen LogP contribution in [0.5, 0.6) is 0 Å². The summed E-state index contributed by atoms with van der Waals surface area (Å²) in [7, 11) is 0. The van der Waals surface area contributed by atoms with Gasteiger partial charge in [-0.2, -0.15) is 10.4 Å². The van der Waals surface area contributed by atoms with Crippen molar-refractivity contribution in [3.8, 4) is 6.07 Å². The average Bonchev–Trinajstić information content (AvgIpc) is 3.38. The van der Waals surface area contributed by atoms with Crippen LogP contribution in [-0.2, 0) is 13.1 Å². The van der Waals surface area contributed by atoms with E-state index in [4.69, 9.17) is 5.26 Å². The number of piperidine rings is 1. The molecule has 1 aliphatic rings. The molecule has 9 nitrogen and oxygen atoms in total. The Morgan fingerprint density at radius 3 is 2.78 bits per heavy atom. The van der Waals surface area contributed by atoms with Crippen LogP contribution in [0.4, 0.5) is 5.82 Å². The molecule has 138 valence electrons. The monoisotopic (exact) mass is 363 g/mol. The van der Waals surface area contributed by atoms with Gasteiger partial charge >= 0.3 is 0 Å². The largest absolute Gasteiger partial charge is 0.357 e. The van der Waals surface area contributed by atoms with Gasteiger partial charge in [-0.3, -0.25) is 0 Å². The number of aromatic nitrogens is 7. The molecular weight excluding hydrogens is 342 g/mol. The highest BCUT2D eigenvalue weighted by Crippen LogP contribution is 2.29. The first kappa shape index (κ1) is 17.1. The van der Waals surface area contributed by atoms with E-state index in [0.29, 0.717) is 18.2 Å². The highest BCUT2D eigenvalue weighted by Gasteiger charge is 2.26. The average molecular weight is 363 g/mol. The van der Waals surface area contributed by atoms with E-state index in [1.54, 1.807) is 17.1 Å². The van der Waals surface area contributed by atoms with E-state index >= 15 is 0 Å². The third kappa shape index (κ3) is 3.51. The van der Waals surface area contributed by atoms with Gasteiger partial charge in [0.15, 0.2) is 5.82 Å². The molecule has 4 rings (SSSR count). The minimum atomic E-state index is 0.373. The van der Waals surface area contributed by atoms with Crippen molar-refractivity contribution in [1.82, 2.24) is 34.5 Å². The summed E-state index contributed by atoms with van der Waals surface area (Å²) in [6.45, 7) is 5.30. The summed E-state index contributed by atoms with van der Waals surface area (Å²) >= 11 is 0. The zero-order chi connectivity index (χ0) is 18.6. The molecule has 0 unspecified atom stereocenters. The summed E-state index contributed by atoms with van der Waals surface area (Å²) in [5, 5.41) is 22.1. The summed E-state index contributed by atoms with van der Waals surface area (Å²) in [4.78, 5) is 10.6. The maximum Gasteiger partial charge on any atom is 0.154 e. The third-order valence-electron chi connectivity index (χ3n) is 4.98. The molecule has 0 aliphatic carbocycles. The number of pyridine rings is 1. The van der Waals surface area contributed by atoms with Crippen LogP contribution in [0.2, 0.25) is 0 Å². The molecule has 0 aromatic carbocycles. The minimum Gasteiger partial charge on any atom is -0.357 e. The van der Waals surface area contributed by atoms with Crippen molar-refractivity contribution >= 4 is 5.82 Å². The van der Waals surface area contributed by atoms with Crippen LogP contribution in [0.15, 0.2) is 30.9 Å². The first-order valence-electron chi connectivity index (χ1n) is 9.15. The maximum absolute atomic E-state index is 9.04. The molecule has 9 heteroatoms. The van der Waals surface area contributed by atoms with Crippen molar-refractivity contribution in [2.75, 3.05) is 18.0 Å². The fourth-order valence-electron chi connectivity index (χ4n) is 3.60. The van der Waals surface area contributed by atoms with E-state index < -0.39 is 0 Å². The Labute approximate surface area is 157 Å². The molecule has 1 fully saturated rings. The van der Waals surface area contributed by atoms with Crippen LogP contribution in [0, 0.1) is 11.3 Å². The topological polar surface area (TPSA) is 101 Å². The van der Waals surface area contributed by atoms with Gasteiger partial charge in [0.05, 0.1) is 0 Å². The van der Waals surface area contributed by atoms with E-state index in [1.165, 1.54) is 6.33 Å². The SMILES string of the molecule is CCn1c(Cn2cncn2)nnc1C1CCN(c2cccc(C#N)n2)CC1. The van der Waals surface area contributed by atoms with Crippen molar-refractivity contribution in [3.05, 3.63) is 48.2 Å². The standard InChI is InChI=1S/C18H21N9/c1-2-27-17(11-26-13-20-12-21-26)23-24-18(27)14-6-8-25(9-7-14)16-5-3-4-15(10-19)22-16/h3-5,12-14H,2,6-9,11H2,1H3. The number of nitriles is 1. The second kappa shape index (κ2) is 7.53. The number of nitrogens with zero attached hydrogens (tertiary/aromatic N) is 9. The third-order valence-corrected chi connectivity index (χ3v) is 4.98. The second-order valence-corrected chi connectivity index (χ2v) is 6.57. The molecule has 27 heavy (non-hydrogen) atoms. The lowest BCUT2D eigenvalue weighted by Crippen LogP contribution is -2.34. The number of anilines is 1. The van der Waals surface area contributed by atoms with Crippen molar-refractivity contribution in [2.24, 2.45) is 0 Å². The summed E-state index contributed by atoms with van der Waals surface area (Å²) in [5.74, 6) is 3.20. The quantitative estimate of drug-likeness (QED) is 0.678. The van der Waals surface area contributed by atoms with Crippen LogP contribution < -0.4 is 4.90 Å². The first-order chi connectivity index (χ1) is 13.3. The van der Waals surface area contributed by atoms with E-state index in [0.717, 1.165) is 49.9 Å². The predicted octanol–water partition coefficient (Wildman–Crippen LogP) is 1.59. The molecule has 0 saturated carbocycles. The van der Waals surface area contributed by atoms with Gasteiger partial charge in [0.2, 0.25) is 0 Å². The normalized spacial score (nSPS) is 15.0. The van der Waals surface area contributed by atoms with Gasteiger partial charge in [-0.25, -0.2) is 14.6 Å². The lowest BCUT2D eigenvalue weighted by molar-refractivity contribution is 0.461. The highest BCUT2D eigenvalue weighted by molar-refractivity contribution is 5.42. The molecule has 1 aliphatic heterocycles. The molecule has 0 bridgehead atoms. The fourth-order valence-corrected chi connectivity index (χ4v) is 3.60. The molecule has 0 N–H and O–H groups in total. The molecule has 3 aromatic heterocycles. The Kier molecular flexibility index (Phi) is 4.78. The predicted molar refractivity (Wildman–Crippen MR) is 98.0 cm³/mol. The molecule has 0 radical (unpaired) electrons. The van der Waals surface area contributed by atoms with E-state index in [-0.39, 0.29) is 0 Å². The van der Waals surface area contributed by atoms with E-state index in [2.05, 4.69) is 47.7 Å². The zero-order valence-electron chi connectivity index (χ0n) is 15.2. The molecule has 0 amide bonds. The van der Waals surface area contributed by atoms with Gasteiger partial charge < -0.3 is 9.47 Å². The fraction of sp³-hybridized carbons (Fsp3) is 0.444. The van der Waals surface area contributed by atoms with E-state index in [9.17, 15) is 0 Å². The van der Waals surface area contributed by atoms with Crippen molar-refractivity contribution in [3.63, 3.8) is 0 Å². The number of hydrogen-bond acceptors (Lipinski definition) is 7. The van der Waals surface area contributed by atoms with Gasteiger partial charge in [0, 0.05) is 25.6 Å². The Balaban J connectivity index is 1.46. The smallest absolute Gasteiger partial charge is 0.154 e. The van der Waals surface area contributed by atoms with Gasteiger partial charge in [0.25, 0.3) is 0 Å². The first-order valence-corrected chi connectivity index (χ1v) is 9.15. The molecule has 0 spiro atoms. The van der Waals surface area contributed by atoms with Gasteiger partial charge in [0.1, 0.15) is 42.6 Å². The lowest BCUT2D eigenvalue weighted by atomic mass is 9.96. The Hall–Kier alpha value is -3.28. The van der Waals surface area contributed by atoms with Crippen LogP contribution in [0.1, 0.15) is 43.0 Å². The summed E-state index contributed by atoms with van der Waals surface area (Å²) in [6, 6.07) is 7.69. The van der Waals surface area contributed by atoms with Crippen molar-refractivity contribution in [2.45, 2.75) is 38.8 Å². The zero-order valence-corrected chi connectivity index (χ0v) is 15.2. The van der Waals surface area contributed by atoms with E-state index in [1.807, 2.05) is 12.1 Å². The van der Waals surface area contributed by atoms with Gasteiger partial charge in [-0.05, 0) is 31.9 Å². The highest BCUT2D eigenvalue weighted by atomic mass is 15.4. The van der Waals surface area contributed by atoms with Crippen LogP contribution in [-0.4, -0.2) is 47.6 Å². The molecular formula is C18H21N9. The Morgan fingerprint density at radius 1 is 1.22 bits per heavy atom. The van der Waals surface area contributed by atoms with Gasteiger partial charge in [-0.15, -0.1) is 10.2 Å². The molecule has 0 atom stereocenters. The maximum atomic E-state index is 9.04.